The molecule has 0 aliphatic heterocycles. The van der Waals surface area contributed by atoms with Crippen LogP contribution in [0, 0.1) is 0 Å². The van der Waals surface area contributed by atoms with E-state index < -0.39 is 0 Å². The Morgan fingerprint density at radius 1 is 0.357 bits per heavy atom. The van der Waals surface area contributed by atoms with Crippen LogP contribution in [0.25, 0.3) is 55.6 Å². The smallest absolute Gasteiger partial charge is 0.0465 e. The number of benzene rings is 8. The van der Waals surface area contributed by atoms with Crippen molar-refractivity contribution in [3.05, 3.63) is 210 Å². The Morgan fingerprint density at radius 2 is 0.875 bits per heavy atom. The van der Waals surface area contributed by atoms with Gasteiger partial charge in [-0.2, -0.15) is 0 Å². The number of fused-ring (bicyclic) bond motifs is 4. The number of hydrogen-bond acceptors (Lipinski definition) is 1. The van der Waals surface area contributed by atoms with Gasteiger partial charge in [-0.1, -0.05) is 166 Å². The molecule has 0 aromatic heterocycles. The summed E-state index contributed by atoms with van der Waals surface area (Å²) < 4.78 is 0. The Balaban J connectivity index is 1.09. The summed E-state index contributed by atoms with van der Waals surface area (Å²) in [5, 5.41) is 0. The second-order valence-electron chi connectivity index (χ2n) is 16.0. The molecule has 56 heavy (non-hydrogen) atoms. The van der Waals surface area contributed by atoms with Crippen molar-refractivity contribution in [1.82, 2.24) is 0 Å². The zero-order valence-corrected chi connectivity index (χ0v) is 32.2. The largest absolute Gasteiger partial charge is 0.310 e. The third-order valence-corrected chi connectivity index (χ3v) is 12.3. The van der Waals surface area contributed by atoms with Gasteiger partial charge < -0.3 is 4.90 Å². The molecule has 8 aromatic carbocycles. The minimum absolute atomic E-state index is 0.0945. The first-order valence-corrected chi connectivity index (χ1v) is 20.1. The predicted molar refractivity (Wildman–Crippen MR) is 237 cm³/mol. The third kappa shape index (κ3) is 5.96. The van der Waals surface area contributed by atoms with Crippen molar-refractivity contribution in [2.45, 2.75) is 44.9 Å². The van der Waals surface area contributed by atoms with Gasteiger partial charge in [-0.15, -0.1) is 0 Å². The van der Waals surface area contributed by atoms with Crippen LogP contribution in [0.5, 0.6) is 0 Å². The van der Waals surface area contributed by atoms with Crippen LogP contribution >= 0.6 is 0 Å². The highest BCUT2D eigenvalue weighted by atomic mass is 15.1. The SMILES string of the molecule is CC1(C)c2ccccc2-c2ccc(N(c3ccc(-c4ccc5c(c4)CCCC5)cc3)c3ccc(-c4c(-c5ccccc5)cccc4-c4ccccc4)cc3)cc21. The number of hydrogen-bond donors (Lipinski definition) is 0. The Kier molecular flexibility index (Phi) is 8.52. The highest BCUT2D eigenvalue weighted by Crippen LogP contribution is 2.51. The average Bonchev–Trinajstić information content (AvgIpc) is 3.49. The molecule has 0 amide bonds. The molecule has 2 aliphatic rings. The van der Waals surface area contributed by atoms with Crippen molar-refractivity contribution >= 4 is 17.1 Å². The zero-order chi connectivity index (χ0) is 37.6. The quantitative estimate of drug-likeness (QED) is 0.159. The molecule has 10 rings (SSSR count). The number of rotatable bonds is 7. The van der Waals surface area contributed by atoms with E-state index in [-0.39, 0.29) is 5.41 Å². The molecule has 0 bridgehead atoms. The summed E-state index contributed by atoms with van der Waals surface area (Å²) >= 11 is 0. The van der Waals surface area contributed by atoms with E-state index in [0.29, 0.717) is 0 Å². The lowest BCUT2D eigenvalue weighted by molar-refractivity contribution is 0.660. The van der Waals surface area contributed by atoms with E-state index in [0.717, 1.165) is 17.1 Å². The van der Waals surface area contributed by atoms with E-state index in [9.17, 15) is 0 Å². The topological polar surface area (TPSA) is 3.24 Å². The van der Waals surface area contributed by atoms with Gasteiger partial charge in [0, 0.05) is 22.5 Å². The molecule has 270 valence electrons. The van der Waals surface area contributed by atoms with Gasteiger partial charge in [-0.05, 0) is 140 Å². The minimum atomic E-state index is -0.0945. The maximum atomic E-state index is 2.43. The van der Waals surface area contributed by atoms with Crippen LogP contribution in [0.4, 0.5) is 17.1 Å². The van der Waals surface area contributed by atoms with Crippen LogP contribution < -0.4 is 4.90 Å². The molecule has 0 unspecified atom stereocenters. The Morgan fingerprint density at radius 3 is 1.54 bits per heavy atom. The molecule has 0 saturated heterocycles. The van der Waals surface area contributed by atoms with Crippen LogP contribution in [0.2, 0.25) is 0 Å². The molecule has 0 saturated carbocycles. The van der Waals surface area contributed by atoms with Crippen molar-refractivity contribution in [2.24, 2.45) is 0 Å². The molecule has 8 aromatic rings. The van der Waals surface area contributed by atoms with Crippen LogP contribution in [0.3, 0.4) is 0 Å². The Hall–Kier alpha value is -6.44. The van der Waals surface area contributed by atoms with Gasteiger partial charge in [0.15, 0.2) is 0 Å². The molecule has 2 aliphatic carbocycles. The molecular weight excluding hydrogens is 675 g/mol. The summed E-state index contributed by atoms with van der Waals surface area (Å²) in [7, 11) is 0. The van der Waals surface area contributed by atoms with E-state index in [1.54, 1.807) is 0 Å². The maximum Gasteiger partial charge on any atom is 0.0465 e. The van der Waals surface area contributed by atoms with Crippen LogP contribution in [0.1, 0.15) is 48.9 Å². The van der Waals surface area contributed by atoms with Gasteiger partial charge in [0.2, 0.25) is 0 Å². The third-order valence-electron chi connectivity index (χ3n) is 12.3. The van der Waals surface area contributed by atoms with Crippen LogP contribution in [0.15, 0.2) is 188 Å². The van der Waals surface area contributed by atoms with Crippen molar-refractivity contribution in [3.8, 4) is 55.6 Å². The fourth-order valence-electron chi connectivity index (χ4n) is 9.35. The van der Waals surface area contributed by atoms with Gasteiger partial charge in [0.05, 0.1) is 0 Å². The Bertz CT molecular complexity index is 2630. The molecule has 1 heteroatoms. The second-order valence-corrected chi connectivity index (χ2v) is 16.0. The first kappa shape index (κ1) is 34.1. The van der Waals surface area contributed by atoms with E-state index >= 15 is 0 Å². The lowest BCUT2D eigenvalue weighted by Gasteiger charge is -2.28. The molecule has 0 atom stereocenters. The fourth-order valence-corrected chi connectivity index (χ4v) is 9.35. The van der Waals surface area contributed by atoms with Gasteiger partial charge in [-0.3, -0.25) is 0 Å². The number of nitrogens with zero attached hydrogens (tertiary/aromatic N) is 1. The van der Waals surface area contributed by atoms with Crippen molar-refractivity contribution < 1.29 is 0 Å². The maximum absolute atomic E-state index is 2.43. The molecule has 1 nitrogen and oxygen atoms in total. The van der Waals surface area contributed by atoms with Crippen LogP contribution in [-0.2, 0) is 18.3 Å². The highest BCUT2D eigenvalue weighted by Gasteiger charge is 2.35. The van der Waals surface area contributed by atoms with Gasteiger partial charge in [-0.25, -0.2) is 0 Å². The molecule has 0 heterocycles. The van der Waals surface area contributed by atoms with E-state index in [1.165, 1.54) is 104 Å². The minimum Gasteiger partial charge on any atom is -0.310 e. The van der Waals surface area contributed by atoms with Gasteiger partial charge in [0.25, 0.3) is 0 Å². The normalized spacial score (nSPS) is 13.8. The molecular formula is C55H45N. The molecule has 0 N–H and O–H groups in total. The zero-order valence-electron chi connectivity index (χ0n) is 32.2. The number of aryl methyl sites for hydroxylation is 2. The van der Waals surface area contributed by atoms with E-state index in [2.05, 4.69) is 207 Å². The highest BCUT2D eigenvalue weighted by molar-refractivity contribution is 5.95. The van der Waals surface area contributed by atoms with Crippen LogP contribution in [-0.4, -0.2) is 0 Å². The molecule has 0 radical (unpaired) electrons. The van der Waals surface area contributed by atoms with Crippen molar-refractivity contribution in [2.75, 3.05) is 4.90 Å². The number of anilines is 3. The summed E-state index contributed by atoms with van der Waals surface area (Å²) in [5.74, 6) is 0. The van der Waals surface area contributed by atoms with Crippen molar-refractivity contribution in [3.63, 3.8) is 0 Å². The Labute approximate surface area is 331 Å². The summed E-state index contributed by atoms with van der Waals surface area (Å²) in [6.07, 6.45) is 4.98. The average molecular weight is 720 g/mol. The van der Waals surface area contributed by atoms with E-state index in [1.807, 2.05) is 0 Å². The lowest BCUT2D eigenvalue weighted by atomic mass is 9.82. The first-order valence-electron chi connectivity index (χ1n) is 20.1. The van der Waals surface area contributed by atoms with E-state index in [4.69, 9.17) is 0 Å². The summed E-state index contributed by atoms with van der Waals surface area (Å²) in [4.78, 5) is 2.43. The first-order chi connectivity index (χ1) is 27.5. The van der Waals surface area contributed by atoms with Gasteiger partial charge >= 0.3 is 0 Å². The summed E-state index contributed by atoms with van der Waals surface area (Å²) in [5.41, 5.74) is 21.7. The summed E-state index contributed by atoms with van der Waals surface area (Å²) in [6.45, 7) is 4.73. The van der Waals surface area contributed by atoms with Gasteiger partial charge in [0.1, 0.15) is 0 Å². The molecule has 0 spiro atoms. The predicted octanol–water partition coefficient (Wildman–Crippen LogP) is 15.0. The monoisotopic (exact) mass is 719 g/mol. The summed E-state index contributed by atoms with van der Waals surface area (Å²) in [6, 6.07) is 69.7. The fraction of sp³-hybridized carbons (Fsp3) is 0.127. The molecule has 0 fully saturated rings. The lowest BCUT2D eigenvalue weighted by Crippen LogP contribution is -2.16. The standard InChI is InChI=1S/C55H45N/c1-55(2)52-23-12-11-20-50(52)51-35-34-47(37-53(51)55)56(45-30-26-39(27-31-45)44-25-24-38-14-9-10-19-43(38)36-44)46-32-28-42(29-33-46)54-48(40-15-5-3-6-16-40)21-13-22-49(54)41-17-7-4-8-18-41/h3-8,11-13,15-18,20-37H,9-10,14,19H2,1-2H3. The van der Waals surface area contributed by atoms with Crippen molar-refractivity contribution in [1.29, 1.82) is 0 Å². The second kappa shape index (κ2) is 14.0.